The molecule has 1 fully saturated rings. The van der Waals surface area contributed by atoms with E-state index in [1.165, 1.54) is 31.0 Å². The quantitative estimate of drug-likeness (QED) is 0.671. The molecule has 0 atom stereocenters. The van der Waals surface area contributed by atoms with Gasteiger partial charge in [0.2, 0.25) is 5.91 Å². The molecule has 8 heteroatoms. The number of benzene rings is 2. The molecule has 0 bridgehead atoms. The van der Waals surface area contributed by atoms with Gasteiger partial charge in [-0.3, -0.25) is 9.59 Å². The fraction of sp³-hybridized carbons (Fsp3) is 0.300. The predicted octanol–water partition coefficient (Wildman–Crippen LogP) is 3.90. The van der Waals surface area contributed by atoms with Crippen molar-refractivity contribution in [3.05, 3.63) is 59.7 Å². The van der Waals surface area contributed by atoms with Crippen molar-refractivity contribution in [3.63, 3.8) is 0 Å². The Bertz CT molecular complexity index is 864. The van der Waals surface area contributed by atoms with Crippen molar-refractivity contribution < 1.29 is 22.8 Å². The molecular weight excluding hydrogens is 371 g/mol. The zero-order valence-corrected chi connectivity index (χ0v) is 15.0. The summed E-state index contributed by atoms with van der Waals surface area (Å²) < 4.78 is 38.5. The first-order valence-corrected chi connectivity index (χ1v) is 8.91. The van der Waals surface area contributed by atoms with Gasteiger partial charge in [-0.25, -0.2) is 0 Å². The van der Waals surface area contributed by atoms with Gasteiger partial charge in [-0.15, -0.1) is 0 Å². The Balaban J connectivity index is 1.66. The lowest BCUT2D eigenvalue weighted by Crippen LogP contribution is -2.30. The maximum absolute atomic E-state index is 12.8. The lowest BCUT2D eigenvalue weighted by molar-refractivity contribution is -0.137. The maximum atomic E-state index is 12.8. The number of carbonyl (C=O) groups is 2. The van der Waals surface area contributed by atoms with Crippen LogP contribution in [0.15, 0.2) is 48.5 Å². The van der Waals surface area contributed by atoms with Crippen molar-refractivity contribution in [1.82, 2.24) is 5.32 Å². The molecule has 5 nitrogen and oxygen atoms in total. The number of anilines is 2. The molecule has 0 unspecified atom stereocenters. The second kappa shape index (κ2) is 8.43. The summed E-state index contributed by atoms with van der Waals surface area (Å²) in [6.07, 6.45) is -2.15. The molecule has 2 amide bonds. The van der Waals surface area contributed by atoms with E-state index in [1.54, 1.807) is 18.2 Å². The van der Waals surface area contributed by atoms with Gasteiger partial charge in [0, 0.05) is 5.69 Å². The van der Waals surface area contributed by atoms with Gasteiger partial charge in [-0.05, 0) is 55.6 Å². The van der Waals surface area contributed by atoms with Crippen LogP contribution in [0.4, 0.5) is 24.5 Å². The highest BCUT2D eigenvalue weighted by molar-refractivity contribution is 6.10. The third-order valence-corrected chi connectivity index (χ3v) is 4.31. The number of nitrogens with one attached hydrogen (secondary N) is 3. The molecule has 0 saturated heterocycles. The molecule has 28 heavy (non-hydrogen) atoms. The van der Waals surface area contributed by atoms with Crippen LogP contribution < -0.4 is 16.0 Å². The first kappa shape index (κ1) is 19.9. The molecular formula is C20H20F3N3O2. The van der Waals surface area contributed by atoms with Crippen molar-refractivity contribution in [1.29, 1.82) is 0 Å². The van der Waals surface area contributed by atoms with E-state index in [9.17, 15) is 22.8 Å². The van der Waals surface area contributed by atoms with E-state index in [4.69, 9.17) is 0 Å². The Morgan fingerprint density at radius 2 is 1.75 bits per heavy atom. The number of rotatable bonds is 7. The Labute approximate surface area is 160 Å². The molecule has 2 aromatic carbocycles. The Kier molecular flexibility index (Phi) is 5.99. The minimum atomic E-state index is -4.50. The zero-order valence-electron chi connectivity index (χ0n) is 15.0. The Hall–Kier alpha value is -2.87. The van der Waals surface area contributed by atoms with Crippen LogP contribution in [0.2, 0.25) is 0 Å². The highest BCUT2D eigenvalue weighted by atomic mass is 19.4. The smallest absolute Gasteiger partial charge is 0.324 e. The number of hydrogen-bond donors (Lipinski definition) is 3. The molecule has 0 spiro atoms. The summed E-state index contributed by atoms with van der Waals surface area (Å²) in [4.78, 5) is 24.6. The van der Waals surface area contributed by atoms with Crippen LogP contribution in [0.1, 0.15) is 28.8 Å². The summed E-state index contributed by atoms with van der Waals surface area (Å²) in [6.45, 7) is 0.908. The molecule has 148 valence electrons. The fourth-order valence-electron chi connectivity index (χ4n) is 2.67. The van der Waals surface area contributed by atoms with E-state index in [1.807, 2.05) is 0 Å². The lowest BCUT2D eigenvalue weighted by atomic mass is 10.1. The Morgan fingerprint density at radius 3 is 2.46 bits per heavy atom. The van der Waals surface area contributed by atoms with Gasteiger partial charge in [-0.1, -0.05) is 18.2 Å². The molecule has 0 radical (unpaired) electrons. The summed E-state index contributed by atoms with van der Waals surface area (Å²) in [6, 6.07) is 10.7. The zero-order chi connectivity index (χ0) is 20.1. The van der Waals surface area contributed by atoms with Crippen LogP contribution >= 0.6 is 0 Å². The molecule has 3 N–H and O–H groups in total. The number of hydrogen-bond acceptors (Lipinski definition) is 3. The van der Waals surface area contributed by atoms with Gasteiger partial charge in [0.05, 0.1) is 23.4 Å². The average Bonchev–Trinajstić information content (AvgIpc) is 3.46. The van der Waals surface area contributed by atoms with Gasteiger partial charge >= 0.3 is 6.18 Å². The molecule has 1 saturated carbocycles. The van der Waals surface area contributed by atoms with E-state index < -0.39 is 17.6 Å². The third-order valence-electron chi connectivity index (χ3n) is 4.31. The van der Waals surface area contributed by atoms with Crippen molar-refractivity contribution in [2.24, 2.45) is 5.92 Å². The normalized spacial score (nSPS) is 13.8. The molecule has 0 heterocycles. The van der Waals surface area contributed by atoms with Gasteiger partial charge in [0.15, 0.2) is 0 Å². The largest absolute Gasteiger partial charge is 0.416 e. The first-order valence-electron chi connectivity index (χ1n) is 8.91. The van der Waals surface area contributed by atoms with Crippen LogP contribution in [0.25, 0.3) is 0 Å². The van der Waals surface area contributed by atoms with Crippen molar-refractivity contribution in [2.45, 2.75) is 19.0 Å². The number of halogens is 3. The lowest BCUT2D eigenvalue weighted by Gasteiger charge is -2.13. The van der Waals surface area contributed by atoms with Gasteiger partial charge in [0.25, 0.3) is 5.91 Å². The van der Waals surface area contributed by atoms with Crippen LogP contribution in [0.5, 0.6) is 0 Å². The summed E-state index contributed by atoms with van der Waals surface area (Å²) in [5.74, 6) is -0.264. The van der Waals surface area contributed by atoms with Crippen molar-refractivity contribution in [2.75, 3.05) is 23.7 Å². The van der Waals surface area contributed by atoms with Crippen LogP contribution in [-0.4, -0.2) is 24.9 Å². The SMILES string of the molecule is O=C(CNCC1CC1)Nc1ccccc1C(=O)Nc1cccc(C(F)(F)F)c1. The summed E-state index contributed by atoms with van der Waals surface area (Å²) in [5, 5.41) is 8.17. The van der Waals surface area contributed by atoms with Gasteiger partial charge in [0.1, 0.15) is 0 Å². The number of para-hydroxylation sites is 1. The second-order valence-corrected chi connectivity index (χ2v) is 6.70. The van der Waals surface area contributed by atoms with Crippen LogP contribution in [0.3, 0.4) is 0 Å². The predicted molar refractivity (Wildman–Crippen MR) is 100 cm³/mol. The van der Waals surface area contributed by atoms with Crippen LogP contribution in [0, 0.1) is 5.92 Å². The molecule has 0 aliphatic heterocycles. The molecule has 1 aliphatic carbocycles. The highest BCUT2D eigenvalue weighted by Crippen LogP contribution is 2.31. The van der Waals surface area contributed by atoms with Crippen molar-refractivity contribution >= 4 is 23.2 Å². The third kappa shape index (κ3) is 5.56. The summed E-state index contributed by atoms with van der Waals surface area (Å²) in [7, 11) is 0. The first-order chi connectivity index (χ1) is 13.3. The summed E-state index contributed by atoms with van der Waals surface area (Å²) >= 11 is 0. The Morgan fingerprint density at radius 1 is 1.00 bits per heavy atom. The maximum Gasteiger partial charge on any atom is 0.416 e. The number of alkyl halides is 3. The summed E-state index contributed by atoms with van der Waals surface area (Å²) in [5.41, 5.74) is -0.374. The monoisotopic (exact) mass is 391 g/mol. The van der Waals surface area contributed by atoms with Crippen LogP contribution in [-0.2, 0) is 11.0 Å². The van der Waals surface area contributed by atoms with E-state index in [0.29, 0.717) is 11.6 Å². The van der Waals surface area contributed by atoms with Crippen molar-refractivity contribution in [3.8, 4) is 0 Å². The molecule has 0 aromatic heterocycles. The second-order valence-electron chi connectivity index (χ2n) is 6.70. The average molecular weight is 391 g/mol. The molecule has 2 aromatic rings. The standard InChI is InChI=1S/C20H20F3N3O2/c21-20(22,23)14-4-3-5-15(10-14)25-19(28)16-6-1-2-7-17(16)26-18(27)12-24-11-13-8-9-13/h1-7,10,13,24H,8-9,11-12H2,(H,25,28)(H,26,27). The minimum absolute atomic E-state index is 0.0204. The topological polar surface area (TPSA) is 70.2 Å². The van der Waals surface area contributed by atoms with E-state index in [0.717, 1.165) is 18.7 Å². The van der Waals surface area contributed by atoms with E-state index in [-0.39, 0.29) is 23.7 Å². The van der Waals surface area contributed by atoms with Gasteiger partial charge in [-0.2, -0.15) is 13.2 Å². The minimum Gasteiger partial charge on any atom is -0.324 e. The molecule has 3 rings (SSSR count). The fourth-order valence-corrected chi connectivity index (χ4v) is 2.67. The number of carbonyl (C=O) groups excluding carboxylic acids is 2. The number of amides is 2. The highest BCUT2D eigenvalue weighted by Gasteiger charge is 2.30. The van der Waals surface area contributed by atoms with E-state index >= 15 is 0 Å². The van der Waals surface area contributed by atoms with E-state index in [2.05, 4.69) is 16.0 Å². The van der Waals surface area contributed by atoms with Gasteiger partial charge < -0.3 is 16.0 Å². The molecule has 1 aliphatic rings.